The number of aromatic nitrogens is 3. The Balaban J connectivity index is 1.87. The fraction of sp³-hybridized carbons (Fsp3) is 0.211. The molecule has 0 unspecified atom stereocenters. The third-order valence-electron chi connectivity index (χ3n) is 3.41. The molecule has 0 saturated heterocycles. The van der Waals surface area contributed by atoms with E-state index in [0.717, 1.165) is 22.6 Å². The van der Waals surface area contributed by atoms with E-state index < -0.39 is 0 Å². The second kappa shape index (κ2) is 7.55. The molecule has 0 spiro atoms. The Kier molecular flexibility index (Phi) is 5.01. The van der Waals surface area contributed by atoms with Crippen LogP contribution in [-0.2, 0) is 6.54 Å². The molecule has 2 aromatic heterocycles. The van der Waals surface area contributed by atoms with Gasteiger partial charge in [-0.15, -0.1) is 0 Å². The normalized spacial score (nSPS) is 10.6. The molecule has 0 saturated carbocycles. The molecule has 5 nitrogen and oxygen atoms in total. The van der Waals surface area contributed by atoms with Crippen molar-refractivity contribution in [2.45, 2.75) is 26.4 Å². The summed E-state index contributed by atoms with van der Waals surface area (Å²) < 4.78 is 0. The highest BCUT2D eigenvalue weighted by Gasteiger charge is 2.07. The second-order valence-corrected chi connectivity index (χ2v) is 5.84. The number of hydrogen-bond donors (Lipinski definition) is 2. The largest absolute Gasteiger partial charge is 0.368 e. The standard InChI is InChI=1S/C19H21N5/c1-14(2)22-18-11-17(16-8-4-3-5-9-16)23-19(24-18)21-13-15-7-6-10-20-12-15/h3-12,14H,13H2,1-2H3,(H2,21,22,23,24). The molecule has 0 aliphatic carbocycles. The van der Waals surface area contributed by atoms with Crippen LogP contribution in [0.3, 0.4) is 0 Å². The van der Waals surface area contributed by atoms with Crippen LogP contribution in [0, 0.1) is 0 Å². The number of benzene rings is 1. The minimum Gasteiger partial charge on any atom is -0.368 e. The summed E-state index contributed by atoms with van der Waals surface area (Å²) in [6, 6.07) is 16.3. The van der Waals surface area contributed by atoms with Crippen LogP contribution in [0.25, 0.3) is 11.3 Å². The van der Waals surface area contributed by atoms with Gasteiger partial charge in [-0.3, -0.25) is 4.98 Å². The van der Waals surface area contributed by atoms with E-state index in [4.69, 9.17) is 0 Å². The first kappa shape index (κ1) is 15.9. The Morgan fingerprint density at radius 1 is 1.00 bits per heavy atom. The van der Waals surface area contributed by atoms with E-state index in [0.29, 0.717) is 18.5 Å². The van der Waals surface area contributed by atoms with Crippen molar-refractivity contribution in [2.24, 2.45) is 0 Å². The molecule has 0 atom stereocenters. The van der Waals surface area contributed by atoms with Crippen molar-refractivity contribution in [3.8, 4) is 11.3 Å². The van der Waals surface area contributed by atoms with Crippen molar-refractivity contribution in [1.82, 2.24) is 15.0 Å². The molecule has 122 valence electrons. The number of nitrogens with zero attached hydrogens (tertiary/aromatic N) is 3. The molecule has 0 amide bonds. The van der Waals surface area contributed by atoms with Gasteiger partial charge in [0.25, 0.3) is 0 Å². The van der Waals surface area contributed by atoms with Crippen molar-refractivity contribution in [3.05, 3.63) is 66.5 Å². The zero-order valence-electron chi connectivity index (χ0n) is 13.9. The van der Waals surface area contributed by atoms with Crippen LogP contribution in [0.2, 0.25) is 0 Å². The summed E-state index contributed by atoms with van der Waals surface area (Å²) in [5.74, 6) is 1.41. The Bertz CT molecular complexity index is 772. The topological polar surface area (TPSA) is 62.7 Å². The van der Waals surface area contributed by atoms with Gasteiger partial charge in [0.2, 0.25) is 5.95 Å². The molecule has 2 N–H and O–H groups in total. The lowest BCUT2D eigenvalue weighted by Crippen LogP contribution is -2.13. The molecule has 0 fully saturated rings. The Morgan fingerprint density at radius 3 is 2.54 bits per heavy atom. The summed E-state index contributed by atoms with van der Waals surface area (Å²) in [5.41, 5.74) is 3.04. The smallest absolute Gasteiger partial charge is 0.225 e. The molecule has 24 heavy (non-hydrogen) atoms. The van der Waals surface area contributed by atoms with Gasteiger partial charge in [-0.2, -0.15) is 4.98 Å². The van der Waals surface area contributed by atoms with Crippen molar-refractivity contribution >= 4 is 11.8 Å². The van der Waals surface area contributed by atoms with Crippen LogP contribution >= 0.6 is 0 Å². The maximum atomic E-state index is 4.64. The zero-order valence-corrected chi connectivity index (χ0v) is 13.9. The van der Waals surface area contributed by atoms with Crippen LogP contribution < -0.4 is 10.6 Å². The Morgan fingerprint density at radius 2 is 1.83 bits per heavy atom. The van der Waals surface area contributed by atoms with E-state index in [2.05, 4.69) is 39.4 Å². The average molecular weight is 319 g/mol. The Labute approximate surface area is 142 Å². The molecule has 0 aliphatic heterocycles. The lowest BCUT2D eigenvalue weighted by atomic mass is 10.1. The fourth-order valence-electron chi connectivity index (χ4n) is 2.34. The first-order valence-corrected chi connectivity index (χ1v) is 8.04. The quantitative estimate of drug-likeness (QED) is 0.720. The maximum absolute atomic E-state index is 4.64. The number of nitrogens with one attached hydrogen (secondary N) is 2. The Hall–Kier alpha value is -2.95. The van der Waals surface area contributed by atoms with Crippen molar-refractivity contribution in [3.63, 3.8) is 0 Å². The van der Waals surface area contributed by atoms with Gasteiger partial charge in [0.15, 0.2) is 0 Å². The molecule has 3 rings (SSSR count). The summed E-state index contributed by atoms with van der Waals surface area (Å²) >= 11 is 0. The molecule has 3 aromatic rings. The highest BCUT2D eigenvalue weighted by Crippen LogP contribution is 2.21. The first-order chi connectivity index (χ1) is 11.7. The van der Waals surface area contributed by atoms with Crippen LogP contribution in [0.1, 0.15) is 19.4 Å². The van der Waals surface area contributed by atoms with Crippen LogP contribution in [-0.4, -0.2) is 21.0 Å². The van der Waals surface area contributed by atoms with Gasteiger partial charge in [0.05, 0.1) is 5.69 Å². The summed E-state index contributed by atoms with van der Waals surface area (Å²) in [4.78, 5) is 13.3. The molecular weight excluding hydrogens is 298 g/mol. The predicted octanol–water partition coefficient (Wildman–Crippen LogP) is 3.97. The zero-order chi connectivity index (χ0) is 16.8. The van der Waals surface area contributed by atoms with Gasteiger partial charge in [0.1, 0.15) is 5.82 Å². The molecule has 0 aliphatic rings. The van der Waals surface area contributed by atoms with E-state index in [9.17, 15) is 0 Å². The molecular formula is C19H21N5. The monoisotopic (exact) mass is 319 g/mol. The summed E-state index contributed by atoms with van der Waals surface area (Å²) in [5, 5.41) is 6.63. The van der Waals surface area contributed by atoms with Crippen LogP contribution in [0.15, 0.2) is 60.9 Å². The predicted molar refractivity (Wildman–Crippen MR) is 97.8 cm³/mol. The van der Waals surface area contributed by atoms with Crippen molar-refractivity contribution in [2.75, 3.05) is 10.6 Å². The van der Waals surface area contributed by atoms with E-state index in [-0.39, 0.29) is 0 Å². The van der Waals surface area contributed by atoms with Gasteiger partial charge in [-0.25, -0.2) is 4.98 Å². The van der Waals surface area contributed by atoms with Crippen molar-refractivity contribution in [1.29, 1.82) is 0 Å². The summed E-state index contributed by atoms with van der Waals surface area (Å²) in [6.45, 7) is 4.81. The molecule has 0 radical (unpaired) electrons. The van der Waals surface area contributed by atoms with Crippen molar-refractivity contribution < 1.29 is 0 Å². The molecule has 2 heterocycles. The van der Waals surface area contributed by atoms with Gasteiger partial charge >= 0.3 is 0 Å². The second-order valence-electron chi connectivity index (χ2n) is 5.84. The molecule has 0 bridgehead atoms. The minimum atomic E-state index is 0.301. The highest BCUT2D eigenvalue weighted by molar-refractivity contribution is 5.64. The maximum Gasteiger partial charge on any atom is 0.225 e. The molecule has 1 aromatic carbocycles. The van der Waals surface area contributed by atoms with Gasteiger partial charge in [0, 0.05) is 36.6 Å². The van der Waals surface area contributed by atoms with E-state index in [1.54, 1.807) is 6.20 Å². The lowest BCUT2D eigenvalue weighted by Gasteiger charge is -2.13. The van der Waals surface area contributed by atoms with Gasteiger partial charge < -0.3 is 10.6 Å². The average Bonchev–Trinajstić information content (AvgIpc) is 2.61. The highest BCUT2D eigenvalue weighted by atomic mass is 15.1. The number of pyridine rings is 1. The minimum absolute atomic E-state index is 0.301. The first-order valence-electron chi connectivity index (χ1n) is 8.04. The molecule has 5 heteroatoms. The third kappa shape index (κ3) is 4.29. The summed E-state index contributed by atoms with van der Waals surface area (Å²) in [7, 11) is 0. The number of anilines is 2. The van der Waals surface area contributed by atoms with Crippen LogP contribution in [0.4, 0.5) is 11.8 Å². The third-order valence-corrected chi connectivity index (χ3v) is 3.41. The lowest BCUT2D eigenvalue weighted by molar-refractivity contribution is 0.885. The number of rotatable bonds is 6. The van der Waals surface area contributed by atoms with E-state index >= 15 is 0 Å². The summed E-state index contributed by atoms with van der Waals surface area (Å²) in [6.07, 6.45) is 3.60. The fourth-order valence-corrected chi connectivity index (χ4v) is 2.34. The number of hydrogen-bond acceptors (Lipinski definition) is 5. The van der Waals surface area contributed by atoms with Gasteiger partial charge in [-0.05, 0) is 25.5 Å². The van der Waals surface area contributed by atoms with Gasteiger partial charge in [-0.1, -0.05) is 36.4 Å². The van der Waals surface area contributed by atoms with E-state index in [1.807, 2.05) is 54.7 Å². The SMILES string of the molecule is CC(C)Nc1cc(-c2ccccc2)nc(NCc2cccnc2)n1. The van der Waals surface area contributed by atoms with Crippen LogP contribution in [0.5, 0.6) is 0 Å². The van der Waals surface area contributed by atoms with E-state index in [1.165, 1.54) is 0 Å².